The largest absolute Gasteiger partial charge is 0.491 e. The van der Waals surface area contributed by atoms with Crippen molar-refractivity contribution in [3.63, 3.8) is 0 Å². The van der Waals surface area contributed by atoms with Crippen LogP contribution in [-0.2, 0) is 20.7 Å². The van der Waals surface area contributed by atoms with Gasteiger partial charge in [-0.25, -0.2) is 4.79 Å². The molecule has 2 aliphatic heterocycles. The van der Waals surface area contributed by atoms with Crippen LogP contribution in [0.25, 0.3) is 0 Å². The molecule has 2 aromatic rings. The first-order chi connectivity index (χ1) is 15.5. The lowest BCUT2D eigenvalue weighted by Gasteiger charge is -2.29. The minimum Gasteiger partial charge on any atom is -0.491 e. The predicted molar refractivity (Wildman–Crippen MR) is 115 cm³/mol. The SMILES string of the molecule is O=C(OCC(=O)N1CCCc2cc([N+](=O)[O-])ccc21)c1ccc(OCC2CCCO2)cc1. The zero-order chi connectivity index (χ0) is 22.5. The van der Waals surface area contributed by atoms with Crippen molar-refractivity contribution in [2.24, 2.45) is 0 Å². The van der Waals surface area contributed by atoms with E-state index in [9.17, 15) is 19.7 Å². The monoisotopic (exact) mass is 440 g/mol. The van der Waals surface area contributed by atoms with Crippen LogP contribution in [-0.4, -0.2) is 49.3 Å². The lowest BCUT2D eigenvalue weighted by molar-refractivity contribution is -0.384. The molecule has 32 heavy (non-hydrogen) atoms. The number of nitro benzene ring substituents is 1. The number of hydrogen-bond donors (Lipinski definition) is 0. The Bertz CT molecular complexity index is 1000. The molecule has 168 valence electrons. The summed E-state index contributed by atoms with van der Waals surface area (Å²) < 4.78 is 16.4. The molecule has 0 aromatic heterocycles. The van der Waals surface area contributed by atoms with Crippen LogP contribution in [0.2, 0.25) is 0 Å². The van der Waals surface area contributed by atoms with Crippen molar-refractivity contribution in [3.8, 4) is 5.75 Å². The van der Waals surface area contributed by atoms with E-state index in [-0.39, 0.29) is 17.7 Å². The first-order valence-corrected chi connectivity index (χ1v) is 10.6. The van der Waals surface area contributed by atoms with E-state index in [1.54, 1.807) is 30.3 Å². The molecule has 9 heteroatoms. The van der Waals surface area contributed by atoms with E-state index in [2.05, 4.69) is 0 Å². The maximum absolute atomic E-state index is 12.7. The zero-order valence-corrected chi connectivity index (χ0v) is 17.5. The minimum absolute atomic E-state index is 0.00679. The molecule has 1 fully saturated rings. The normalized spacial score (nSPS) is 17.5. The highest BCUT2D eigenvalue weighted by atomic mass is 16.6. The van der Waals surface area contributed by atoms with Crippen molar-refractivity contribution in [2.45, 2.75) is 31.8 Å². The minimum atomic E-state index is -0.607. The van der Waals surface area contributed by atoms with Gasteiger partial charge >= 0.3 is 5.97 Å². The lowest BCUT2D eigenvalue weighted by Crippen LogP contribution is -2.38. The zero-order valence-electron chi connectivity index (χ0n) is 17.5. The van der Waals surface area contributed by atoms with Crippen LogP contribution in [0.4, 0.5) is 11.4 Å². The summed E-state index contributed by atoms with van der Waals surface area (Å²) in [5.41, 5.74) is 1.67. The Kier molecular flexibility index (Phi) is 6.65. The van der Waals surface area contributed by atoms with Crippen molar-refractivity contribution in [3.05, 3.63) is 63.7 Å². The van der Waals surface area contributed by atoms with Crippen molar-refractivity contribution in [1.29, 1.82) is 0 Å². The fraction of sp³-hybridized carbons (Fsp3) is 0.391. The number of nitro groups is 1. The van der Waals surface area contributed by atoms with E-state index in [0.717, 1.165) is 25.0 Å². The fourth-order valence-electron chi connectivity index (χ4n) is 3.90. The molecule has 0 spiro atoms. The number of amides is 1. The molecule has 0 aliphatic carbocycles. The van der Waals surface area contributed by atoms with Gasteiger partial charge in [-0.15, -0.1) is 0 Å². The molecule has 1 amide bonds. The first kappa shape index (κ1) is 21.8. The van der Waals surface area contributed by atoms with Gasteiger partial charge in [-0.1, -0.05) is 0 Å². The molecule has 2 heterocycles. The third-order valence-corrected chi connectivity index (χ3v) is 5.57. The summed E-state index contributed by atoms with van der Waals surface area (Å²) in [5.74, 6) is -0.346. The number of non-ortho nitro benzene ring substituents is 1. The molecule has 0 N–H and O–H groups in total. The summed E-state index contributed by atoms with van der Waals surface area (Å²) in [7, 11) is 0. The van der Waals surface area contributed by atoms with E-state index in [1.165, 1.54) is 17.0 Å². The van der Waals surface area contributed by atoms with Crippen LogP contribution in [0.5, 0.6) is 5.75 Å². The number of hydrogen-bond acceptors (Lipinski definition) is 7. The van der Waals surface area contributed by atoms with E-state index >= 15 is 0 Å². The van der Waals surface area contributed by atoms with Gasteiger partial charge in [-0.05, 0) is 61.6 Å². The van der Waals surface area contributed by atoms with Crippen molar-refractivity contribution < 1.29 is 28.7 Å². The first-order valence-electron chi connectivity index (χ1n) is 10.6. The highest BCUT2D eigenvalue weighted by Gasteiger charge is 2.25. The number of carbonyl (C=O) groups is 2. The fourth-order valence-corrected chi connectivity index (χ4v) is 3.90. The number of nitrogens with zero attached hydrogens (tertiary/aromatic N) is 2. The molecule has 1 atom stereocenters. The average Bonchev–Trinajstić information content (AvgIpc) is 3.34. The number of benzene rings is 2. The number of ether oxygens (including phenoxy) is 3. The summed E-state index contributed by atoms with van der Waals surface area (Å²) >= 11 is 0. The molecule has 2 aromatic carbocycles. The van der Waals surface area contributed by atoms with Crippen LogP contribution >= 0.6 is 0 Å². The van der Waals surface area contributed by atoms with Gasteiger partial charge < -0.3 is 19.1 Å². The molecule has 2 aliphatic rings. The van der Waals surface area contributed by atoms with E-state index in [0.29, 0.717) is 43.0 Å². The van der Waals surface area contributed by atoms with Gasteiger partial charge in [0.05, 0.1) is 16.6 Å². The Hall–Kier alpha value is -3.46. The number of fused-ring (bicyclic) bond motifs is 1. The summed E-state index contributed by atoms with van der Waals surface area (Å²) in [6.45, 7) is 1.30. The number of anilines is 1. The number of rotatable bonds is 7. The van der Waals surface area contributed by atoms with Crippen LogP contribution < -0.4 is 9.64 Å². The second kappa shape index (κ2) is 9.78. The van der Waals surface area contributed by atoms with Gasteiger partial charge in [0.25, 0.3) is 11.6 Å². The average molecular weight is 440 g/mol. The van der Waals surface area contributed by atoms with Crippen LogP contribution in [0.3, 0.4) is 0 Å². The predicted octanol–water partition coefficient (Wildman–Crippen LogP) is 3.29. The Morgan fingerprint density at radius 2 is 1.97 bits per heavy atom. The van der Waals surface area contributed by atoms with Crippen molar-refractivity contribution in [1.82, 2.24) is 0 Å². The smallest absolute Gasteiger partial charge is 0.338 e. The maximum Gasteiger partial charge on any atom is 0.338 e. The topological polar surface area (TPSA) is 108 Å². The third kappa shape index (κ3) is 5.05. The highest BCUT2D eigenvalue weighted by molar-refractivity contribution is 5.98. The molecule has 9 nitrogen and oxygen atoms in total. The quantitative estimate of drug-likeness (QED) is 0.369. The van der Waals surface area contributed by atoms with E-state index in [1.807, 2.05) is 0 Å². The summed E-state index contributed by atoms with van der Waals surface area (Å²) in [6, 6.07) is 11.0. The van der Waals surface area contributed by atoms with Gasteiger partial charge in [0.15, 0.2) is 6.61 Å². The Morgan fingerprint density at radius 3 is 2.69 bits per heavy atom. The molecule has 0 radical (unpaired) electrons. The van der Waals surface area contributed by atoms with Crippen molar-refractivity contribution >= 4 is 23.3 Å². The third-order valence-electron chi connectivity index (χ3n) is 5.57. The van der Waals surface area contributed by atoms with Crippen molar-refractivity contribution in [2.75, 3.05) is 31.3 Å². The van der Waals surface area contributed by atoms with Gasteiger partial charge in [0.2, 0.25) is 0 Å². The standard InChI is InChI=1S/C23H24N2O7/c26-22(24-11-1-3-17-13-18(25(28)29)7-10-21(17)24)15-32-23(27)16-5-8-19(9-6-16)31-14-20-4-2-12-30-20/h5-10,13,20H,1-4,11-12,14-15H2. The van der Waals surface area contributed by atoms with Gasteiger partial charge in [0.1, 0.15) is 12.4 Å². The molecule has 1 unspecified atom stereocenters. The number of esters is 1. The Balaban J connectivity index is 1.31. The summed E-state index contributed by atoms with van der Waals surface area (Å²) in [6.07, 6.45) is 3.47. The lowest BCUT2D eigenvalue weighted by atomic mass is 10.0. The molecule has 1 saturated heterocycles. The van der Waals surface area contributed by atoms with Gasteiger partial charge in [-0.3, -0.25) is 14.9 Å². The maximum atomic E-state index is 12.7. The molecule has 0 saturated carbocycles. The van der Waals surface area contributed by atoms with Gasteiger partial charge in [0, 0.05) is 31.0 Å². The second-order valence-corrected chi connectivity index (χ2v) is 7.77. The Labute approximate surface area is 185 Å². The molecular weight excluding hydrogens is 416 g/mol. The number of carbonyl (C=O) groups excluding carboxylic acids is 2. The highest BCUT2D eigenvalue weighted by Crippen LogP contribution is 2.30. The molecule has 0 bridgehead atoms. The molecular formula is C23H24N2O7. The Morgan fingerprint density at radius 1 is 1.16 bits per heavy atom. The second-order valence-electron chi connectivity index (χ2n) is 7.77. The van der Waals surface area contributed by atoms with E-state index in [4.69, 9.17) is 14.2 Å². The van der Waals surface area contributed by atoms with E-state index < -0.39 is 17.5 Å². The molecule has 4 rings (SSSR count). The van der Waals surface area contributed by atoms with Crippen LogP contribution in [0.1, 0.15) is 35.2 Å². The van der Waals surface area contributed by atoms with Gasteiger partial charge in [-0.2, -0.15) is 0 Å². The number of aryl methyl sites for hydroxylation is 1. The van der Waals surface area contributed by atoms with Crippen LogP contribution in [0, 0.1) is 10.1 Å². The summed E-state index contributed by atoms with van der Waals surface area (Å²) in [4.78, 5) is 37.1. The summed E-state index contributed by atoms with van der Waals surface area (Å²) in [5, 5.41) is 11.0. The van der Waals surface area contributed by atoms with Crippen LogP contribution in [0.15, 0.2) is 42.5 Å².